The van der Waals surface area contributed by atoms with E-state index >= 15 is 0 Å². The van der Waals surface area contributed by atoms with Crippen molar-refractivity contribution in [1.29, 1.82) is 0 Å². The number of carbonyl (C=O) groups excluding carboxylic acids is 1. The number of anilines is 1. The molecule has 1 N–H and O–H groups in total. The summed E-state index contributed by atoms with van der Waals surface area (Å²) in [5, 5.41) is 8.56. The second-order valence-corrected chi connectivity index (χ2v) is 9.24. The van der Waals surface area contributed by atoms with E-state index < -0.39 is 0 Å². The highest BCUT2D eigenvalue weighted by Gasteiger charge is 2.19. The van der Waals surface area contributed by atoms with Gasteiger partial charge in [0.1, 0.15) is 5.52 Å². The van der Waals surface area contributed by atoms with Gasteiger partial charge in [-0.15, -0.1) is 0 Å². The lowest BCUT2D eigenvalue weighted by Crippen LogP contribution is -2.26. The van der Waals surface area contributed by atoms with Crippen LogP contribution in [-0.4, -0.2) is 31.0 Å². The Hall–Kier alpha value is -3.10. The van der Waals surface area contributed by atoms with E-state index in [1.807, 2.05) is 57.2 Å². The molecule has 0 fully saturated rings. The normalized spacial score (nSPS) is 11.2. The molecule has 0 aliphatic heterocycles. The lowest BCUT2D eigenvalue weighted by atomic mass is 10.1. The molecule has 34 heavy (non-hydrogen) atoms. The van der Waals surface area contributed by atoms with Gasteiger partial charge in [0.15, 0.2) is 10.7 Å². The summed E-state index contributed by atoms with van der Waals surface area (Å²) in [6.07, 6.45) is 0.823. The molecule has 1 amide bonds. The van der Waals surface area contributed by atoms with Gasteiger partial charge < -0.3 is 5.32 Å². The first-order valence-electron chi connectivity index (χ1n) is 11.1. The van der Waals surface area contributed by atoms with E-state index in [4.69, 9.17) is 16.6 Å². The molecule has 0 aliphatic carbocycles. The van der Waals surface area contributed by atoms with Crippen molar-refractivity contribution in [2.24, 2.45) is 0 Å². The molecule has 2 aromatic carbocycles. The van der Waals surface area contributed by atoms with Crippen molar-refractivity contribution in [3.8, 4) is 0 Å². The van der Waals surface area contributed by atoms with Gasteiger partial charge in [0.25, 0.3) is 5.56 Å². The Morgan fingerprint density at radius 3 is 2.56 bits per heavy atom. The number of nitrogens with zero attached hydrogens (tertiary/aromatic N) is 4. The Labute approximate surface area is 207 Å². The molecule has 176 valence electrons. The number of para-hydroxylation sites is 1. The zero-order valence-electron chi connectivity index (χ0n) is 19.3. The van der Waals surface area contributed by atoms with Crippen LogP contribution in [0.4, 0.5) is 5.69 Å². The largest absolute Gasteiger partial charge is 0.325 e. The smallest absolute Gasteiger partial charge is 0.280 e. The van der Waals surface area contributed by atoms with Crippen LogP contribution >= 0.6 is 23.4 Å². The highest BCUT2D eigenvalue weighted by atomic mass is 35.5. The molecule has 2 heterocycles. The predicted molar refractivity (Wildman–Crippen MR) is 138 cm³/mol. The summed E-state index contributed by atoms with van der Waals surface area (Å²) in [4.78, 5) is 31.1. The van der Waals surface area contributed by atoms with Gasteiger partial charge >= 0.3 is 0 Å². The lowest BCUT2D eigenvalue weighted by molar-refractivity contribution is -0.113. The fourth-order valence-corrected chi connectivity index (χ4v) is 4.72. The zero-order chi connectivity index (χ0) is 24.2. The van der Waals surface area contributed by atoms with E-state index in [0.717, 1.165) is 23.2 Å². The van der Waals surface area contributed by atoms with Crippen LogP contribution in [0.1, 0.15) is 30.7 Å². The molecule has 0 aliphatic rings. The second kappa shape index (κ2) is 10.4. The van der Waals surface area contributed by atoms with E-state index in [1.54, 1.807) is 21.4 Å². The summed E-state index contributed by atoms with van der Waals surface area (Å²) in [6, 6.07) is 15.1. The fourth-order valence-electron chi connectivity index (χ4n) is 3.81. The standard InChI is InChI=1S/C25H26ClN5O2S/c1-4-18-8-6-7-9-20(18)27-21(32)15-34-25-28-22-16(3)29-31(5-2)23(22)24(33)30(25)14-17-10-12-19(26)13-11-17/h6-13H,4-5,14-15H2,1-3H3,(H,27,32). The minimum atomic E-state index is -0.179. The van der Waals surface area contributed by atoms with Gasteiger partial charge in [0.2, 0.25) is 5.91 Å². The molecular weight excluding hydrogens is 470 g/mol. The minimum absolute atomic E-state index is 0.123. The van der Waals surface area contributed by atoms with Crippen molar-refractivity contribution in [3.63, 3.8) is 0 Å². The molecule has 0 bridgehead atoms. The summed E-state index contributed by atoms with van der Waals surface area (Å²) >= 11 is 7.27. The molecule has 2 aromatic heterocycles. The summed E-state index contributed by atoms with van der Waals surface area (Å²) in [6.45, 7) is 6.71. The number of amides is 1. The van der Waals surface area contributed by atoms with Gasteiger partial charge in [-0.05, 0) is 49.6 Å². The zero-order valence-corrected chi connectivity index (χ0v) is 20.9. The highest BCUT2D eigenvalue weighted by Crippen LogP contribution is 2.22. The van der Waals surface area contributed by atoms with Gasteiger partial charge in [0, 0.05) is 17.3 Å². The summed E-state index contributed by atoms with van der Waals surface area (Å²) in [5.74, 6) is -0.0309. The quantitative estimate of drug-likeness (QED) is 0.277. The number of carbonyl (C=O) groups is 1. The minimum Gasteiger partial charge on any atom is -0.325 e. The Kier molecular flexibility index (Phi) is 7.38. The molecule has 7 nitrogen and oxygen atoms in total. The highest BCUT2D eigenvalue weighted by molar-refractivity contribution is 7.99. The molecule has 4 aromatic rings. The van der Waals surface area contributed by atoms with E-state index in [9.17, 15) is 9.59 Å². The number of benzene rings is 2. The molecule has 0 saturated carbocycles. The molecule has 0 spiro atoms. The Bertz CT molecular complexity index is 1400. The number of halogens is 1. The third kappa shape index (κ3) is 5.03. The first-order valence-corrected chi connectivity index (χ1v) is 12.5. The van der Waals surface area contributed by atoms with Crippen molar-refractivity contribution >= 4 is 46.0 Å². The molecule has 4 rings (SSSR count). The Balaban J connectivity index is 1.67. The maximum absolute atomic E-state index is 13.6. The number of fused-ring (bicyclic) bond motifs is 1. The van der Waals surface area contributed by atoms with E-state index in [0.29, 0.717) is 40.0 Å². The monoisotopic (exact) mass is 495 g/mol. The lowest BCUT2D eigenvalue weighted by Gasteiger charge is -2.13. The summed E-state index contributed by atoms with van der Waals surface area (Å²) < 4.78 is 3.29. The molecule has 0 radical (unpaired) electrons. The van der Waals surface area contributed by atoms with Crippen molar-refractivity contribution in [1.82, 2.24) is 19.3 Å². The summed E-state index contributed by atoms with van der Waals surface area (Å²) in [5.41, 5.74) is 4.34. The van der Waals surface area contributed by atoms with E-state index in [2.05, 4.69) is 10.4 Å². The van der Waals surface area contributed by atoms with Crippen LogP contribution in [0.25, 0.3) is 11.0 Å². The first kappa shape index (κ1) is 24.0. The van der Waals surface area contributed by atoms with Crippen LogP contribution in [0.15, 0.2) is 58.5 Å². The van der Waals surface area contributed by atoms with E-state index in [-0.39, 0.29) is 17.2 Å². The average molecular weight is 496 g/mol. The molecule has 0 saturated heterocycles. The molecular formula is C25H26ClN5O2S. The number of thioether (sulfide) groups is 1. The number of aryl methyl sites for hydroxylation is 3. The fraction of sp³-hybridized carbons (Fsp3) is 0.280. The summed E-state index contributed by atoms with van der Waals surface area (Å²) in [7, 11) is 0. The average Bonchev–Trinajstić information content (AvgIpc) is 3.17. The molecule has 0 atom stereocenters. The number of hydrogen-bond donors (Lipinski definition) is 1. The Morgan fingerprint density at radius 2 is 1.85 bits per heavy atom. The first-order chi connectivity index (χ1) is 16.4. The van der Waals surface area contributed by atoms with Crippen LogP contribution in [-0.2, 0) is 24.3 Å². The van der Waals surface area contributed by atoms with Crippen molar-refractivity contribution in [2.45, 2.75) is 45.4 Å². The number of aromatic nitrogens is 4. The van der Waals surface area contributed by atoms with Crippen molar-refractivity contribution in [2.75, 3.05) is 11.1 Å². The number of nitrogens with one attached hydrogen (secondary N) is 1. The van der Waals surface area contributed by atoms with Crippen LogP contribution in [0.2, 0.25) is 5.02 Å². The number of rotatable bonds is 8. The van der Waals surface area contributed by atoms with Gasteiger partial charge in [0.05, 0.1) is 18.0 Å². The predicted octanol–water partition coefficient (Wildman–Crippen LogP) is 4.92. The SMILES string of the molecule is CCc1ccccc1NC(=O)CSc1nc2c(C)nn(CC)c2c(=O)n1Cc1ccc(Cl)cc1. The second-order valence-electron chi connectivity index (χ2n) is 7.86. The van der Waals surface area contributed by atoms with Gasteiger partial charge in [-0.1, -0.05) is 60.6 Å². The van der Waals surface area contributed by atoms with Crippen molar-refractivity contribution < 1.29 is 4.79 Å². The molecule has 0 unspecified atom stereocenters. The van der Waals surface area contributed by atoms with Gasteiger partial charge in [-0.25, -0.2) is 4.98 Å². The van der Waals surface area contributed by atoms with Crippen LogP contribution in [0.3, 0.4) is 0 Å². The number of hydrogen-bond acceptors (Lipinski definition) is 5. The van der Waals surface area contributed by atoms with E-state index in [1.165, 1.54) is 11.8 Å². The van der Waals surface area contributed by atoms with Crippen LogP contribution in [0, 0.1) is 6.92 Å². The van der Waals surface area contributed by atoms with Crippen LogP contribution < -0.4 is 10.9 Å². The maximum Gasteiger partial charge on any atom is 0.280 e. The van der Waals surface area contributed by atoms with Gasteiger partial charge in [-0.3, -0.25) is 18.8 Å². The van der Waals surface area contributed by atoms with Gasteiger partial charge in [-0.2, -0.15) is 5.10 Å². The maximum atomic E-state index is 13.6. The van der Waals surface area contributed by atoms with Crippen LogP contribution in [0.5, 0.6) is 0 Å². The third-order valence-electron chi connectivity index (χ3n) is 5.54. The van der Waals surface area contributed by atoms with Crippen molar-refractivity contribution in [3.05, 3.63) is 80.7 Å². The third-order valence-corrected chi connectivity index (χ3v) is 6.77. The topological polar surface area (TPSA) is 81.8 Å². The Morgan fingerprint density at radius 1 is 1.12 bits per heavy atom. The molecule has 9 heteroatoms.